The van der Waals surface area contributed by atoms with E-state index in [1.807, 2.05) is 11.9 Å². The van der Waals surface area contributed by atoms with Crippen LogP contribution >= 0.6 is 11.6 Å². The van der Waals surface area contributed by atoms with Gasteiger partial charge in [-0.25, -0.2) is 9.78 Å². The summed E-state index contributed by atoms with van der Waals surface area (Å²) in [7, 11) is -1.07. The first kappa shape index (κ1) is 18.8. The molecule has 7 nitrogen and oxygen atoms in total. The number of nitrogens with zero attached hydrogens (tertiary/aromatic N) is 3. The van der Waals surface area contributed by atoms with Crippen molar-refractivity contribution >= 4 is 33.6 Å². The maximum atomic E-state index is 10.6. The second kappa shape index (κ2) is 8.42. The number of pyridine rings is 1. The van der Waals surface area contributed by atoms with Crippen LogP contribution in [0.25, 0.3) is 0 Å². The van der Waals surface area contributed by atoms with Gasteiger partial charge >= 0.3 is 6.09 Å². The van der Waals surface area contributed by atoms with Crippen LogP contribution in [0, 0.1) is 0 Å². The van der Waals surface area contributed by atoms with Crippen LogP contribution in [0.3, 0.4) is 0 Å². The number of rotatable bonds is 7. The fourth-order valence-electron chi connectivity index (χ4n) is 1.96. The molecular weight excluding hydrogens is 330 g/mol. The van der Waals surface area contributed by atoms with E-state index in [4.69, 9.17) is 21.8 Å². The Bertz CT molecular complexity index is 576. The predicted molar refractivity (Wildman–Crippen MR) is 90.3 cm³/mol. The Morgan fingerprint density at radius 2 is 2.14 bits per heavy atom. The van der Waals surface area contributed by atoms with Gasteiger partial charge in [-0.05, 0) is 36.8 Å². The molecule has 1 amide bonds. The summed E-state index contributed by atoms with van der Waals surface area (Å²) in [5, 5.41) is 17.8. The normalized spacial score (nSPS) is 12.0. The predicted octanol–water partition coefficient (Wildman–Crippen LogP) is 2.29. The Kier molecular flexibility index (Phi) is 7.21. The quantitative estimate of drug-likeness (QED) is 0.341. The molecule has 0 aliphatic rings. The monoisotopic (exact) mass is 351 g/mol. The maximum absolute atomic E-state index is 10.6. The number of anilines is 1. The number of hydrogen-bond acceptors (Lipinski definition) is 4. The van der Waals surface area contributed by atoms with Crippen molar-refractivity contribution in [3.8, 4) is 0 Å². The zero-order valence-electron chi connectivity index (χ0n) is 12.6. The summed E-state index contributed by atoms with van der Waals surface area (Å²) in [6.07, 6.45) is 1.57. The van der Waals surface area contributed by atoms with Crippen molar-refractivity contribution in [2.45, 2.75) is 18.6 Å². The van der Waals surface area contributed by atoms with Crippen molar-refractivity contribution in [3.63, 3.8) is 0 Å². The van der Waals surface area contributed by atoms with Crippen molar-refractivity contribution in [2.75, 3.05) is 31.4 Å². The topological polar surface area (TPSA) is 106 Å². The lowest BCUT2D eigenvalue weighted by atomic mass is 10.2. The SMILES string of the molecule is CN(CCCCO)c1cc(C[SH](C)(O)=NC(=O)O)cc(Cl)n1. The molecule has 0 unspecified atom stereocenters. The Morgan fingerprint density at radius 1 is 1.45 bits per heavy atom. The molecule has 0 aromatic carbocycles. The zero-order valence-corrected chi connectivity index (χ0v) is 14.3. The smallest absolute Gasteiger partial charge is 0.437 e. The number of aliphatic hydroxyl groups is 1. The minimum Gasteiger partial charge on any atom is -0.463 e. The molecule has 126 valence electrons. The van der Waals surface area contributed by atoms with E-state index in [1.165, 1.54) is 6.26 Å². The lowest BCUT2D eigenvalue weighted by Crippen LogP contribution is -2.20. The standard InChI is InChI=1S/C13H22ClN3O4S/c1-17(5-3-4-6-18)12-8-10(7-11(14)15-12)9-22(2,21)16-13(19)20/h7-8,18,22H,3-6,9H2,1-2H3,(H,16,21)(H,19,20). The number of amides is 1. The molecule has 0 radical (unpaired) electrons. The molecule has 9 heteroatoms. The van der Waals surface area contributed by atoms with E-state index in [0.717, 1.165) is 6.42 Å². The molecule has 0 fully saturated rings. The van der Waals surface area contributed by atoms with Gasteiger partial charge in [0.25, 0.3) is 0 Å². The van der Waals surface area contributed by atoms with E-state index in [2.05, 4.69) is 9.35 Å². The number of carboxylic acid groups (broad SMARTS) is 1. The van der Waals surface area contributed by atoms with E-state index in [9.17, 15) is 9.35 Å². The molecule has 0 atom stereocenters. The van der Waals surface area contributed by atoms with Gasteiger partial charge in [0.15, 0.2) is 0 Å². The van der Waals surface area contributed by atoms with E-state index in [1.54, 1.807) is 12.1 Å². The molecule has 0 saturated carbocycles. The first-order valence-corrected chi connectivity index (χ1v) is 9.47. The Balaban J connectivity index is 2.92. The van der Waals surface area contributed by atoms with Gasteiger partial charge in [0.2, 0.25) is 0 Å². The van der Waals surface area contributed by atoms with Gasteiger partial charge < -0.3 is 19.7 Å². The van der Waals surface area contributed by atoms with Gasteiger partial charge in [-0.15, -0.1) is 0 Å². The first-order valence-electron chi connectivity index (χ1n) is 6.76. The van der Waals surface area contributed by atoms with Gasteiger partial charge in [0.05, 0.1) is 0 Å². The molecule has 1 heterocycles. The molecule has 0 spiro atoms. The van der Waals surface area contributed by atoms with Gasteiger partial charge in [-0.2, -0.15) is 4.36 Å². The van der Waals surface area contributed by atoms with Crippen molar-refractivity contribution in [1.29, 1.82) is 0 Å². The number of aromatic nitrogens is 1. The molecule has 0 aliphatic carbocycles. The Labute approximate surface area is 135 Å². The Morgan fingerprint density at radius 3 is 2.73 bits per heavy atom. The Hall–Kier alpha value is -1.22. The molecule has 0 aliphatic heterocycles. The largest absolute Gasteiger partial charge is 0.463 e. The van der Waals surface area contributed by atoms with Crippen LogP contribution in [-0.2, 0) is 15.9 Å². The van der Waals surface area contributed by atoms with Crippen molar-refractivity contribution < 1.29 is 19.6 Å². The second-order valence-corrected chi connectivity index (χ2v) is 8.22. The summed E-state index contributed by atoms with van der Waals surface area (Å²) >= 11 is 6.00. The van der Waals surface area contributed by atoms with Gasteiger partial charge in [-0.1, -0.05) is 21.7 Å². The number of thiol groups is 1. The average Bonchev–Trinajstić information content (AvgIpc) is 2.35. The van der Waals surface area contributed by atoms with E-state index in [0.29, 0.717) is 24.3 Å². The van der Waals surface area contributed by atoms with Gasteiger partial charge in [0, 0.05) is 26.0 Å². The average molecular weight is 352 g/mol. The third-order valence-electron chi connectivity index (χ3n) is 2.92. The molecule has 22 heavy (non-hydrogen) atoms. The number of halogens is 1. The minimum absolute atomic E-state index is 0.124. The summed E-state index contributed by atoms with van der Waals surface area (Å²) in [4.78, 5) is 16.7. The molecule has 1 rings (SSSR count). The highest BCUT2D eigenvalue weighted by atomic mass is 35.5. The highest BCUT2D eigenvalue weighted by Gasteiger charge is 2.11. The highest BCUT2D eigenvalue weighted by molar-refractivity contribution is 7.98. The lowest BCUT2D eigenvalue weighted by Gasteiger charge is -2.21. The van der Waals surface area contributed by atoms with Crippen molar-refractivity contribution in [1.82, 2.24) is 4.98 Å². The van der Waals surface area contributed by atoms with E-state index in [-0.39, 0.29) is 17.5 Å². The van der Waals surface area contributed by atoms with Gasteiger partial charge in [0.1, 0.15) is 11.0 Å². The fraction of sp³-hybridized carbons (Fsp3) is 0.538. The molecule has 0 saturated heterocycles. The zero-order chi connectivity index (χ0) is 16.8. The summed E-state index contributed by atoms with van der Waals surface area (Å²) in [6.45, 7) is 0.852. The number of carbonyl (C=O) groups is 1. The molecule has 3 N–H and O–H groups in total. The summed E-state index contributed by atoms with van der Waals surface area (Å²) < 4.78 is 13.4. The number of aliphatic hydroxyl groups excluding tert-OH is 1. The van der Waals surface area contributed by atoms with Crippen LogP contribution in [0.15, 0.2) is 16.5 Å². The summed E-state index contributed by atoms with van der Waals surface area (Å²) in [5.41, 5.74) is 0.687. The van der Waals surface area contributed by atoms with Crippen molar-refractivity contribution in [3.05, 3.63) is 22.8 Å². The van der Waals surface area contributed by atoms with Crippen LogP contribution in [0.5, 0.6) is 0 Å². The fourth-order valence-corrected chi connectivity index (χ4v) is 3.50. The summed E-state index contributed by atoms with van der Waals surface area (Å²) in [6, 6.07) is 3.36. The third-order valence-corrected chi connectivity index (χ3v) is 4.68. The third kappa shape index (κ3) is 6.69. The van der Waals surface area contributed by atoms with Crippen LogP contribution in [0.2, 0.25) is 5.15 Å². The van der Waals surface area contributed by atoms with E-state index < -0.39 is 16.2 Å². The minimum atomic E-state index is -2.93. The molecule has 0 bridgehead atoms. The van der Waals surface area contributed by atoms with Gasteiger partial charge in [-0.3, -0.25) is 0 Å². The summed E-state index contributed by atoms with van der Waals surface area (Å²) in [5.74, 6) is 0.759. The van der Waals surface area contributed by atoms with Crippen molar-refractivity contribution in [2.24, 2.45) is 4.36 Å². The molecule has 1 aromatic rings. The molecular formula is C13H22ClN3O4S. The molecule has 1 aromatic heterocycles. The number of unbranched alkanes of at least 4 members (excludes halogenated alkanes) is 1. The van der Waals surface area contributed by atoms with Crippen LogP contribution < -0.4 is 4.90 Å². The maximum Gasteiger partial charge on any atom is 0.437 e. The van der Waals surface area contributed by atoms with Crippen LogP contribution in [-0.4, -0.2) is 52.3 Å². The highest BCUT2D eigenvalue weighted by Crippen LogP contribution is 2.21. The number of hydrogen-bond donors (Lipinski definition) is 4. The first-order chi connectivity index (χ1) is 10.2. The lowest BCUT2D eigenvalue weighted by molar-refractivity contribution is 0.206. The second-order valence-electron chi connectivity index (χ2n) is 5.14. The van der Waals surface area contributed by atoms with Crippen LogP contribution in [0.4, 0.5) is 10.6 Å². The van der Waals surface area contributed by atoms with Crippen LogP contribution in [0.1, 0.15) is 18.4 Å². The van der Waals surface area contributed by atoms with E-state index >= 15 is 0 Å².